The SMILES string of the molecule is Nc1nc(N)c(CC2CCCC2)c(N2CC3CCCNC3C2)n1. The lowest BCUT2D eigenvalue weighted by Crippen LogP contribution is -2.40. The Bertz CT molecular complexity index is 554. The summed E-state index contributed by atoms with van der Waals surface area (Å²) < 4.78 is 0. The van der Waals surface area contributed by atoms with Crippen molar-refractivity contribution in [2.75, 3.05) is 36.0 Å². The number of piperidine rings is 1. The molecule has 1 aromatic rings. The molecule has 4 rings (SSSR count). The topological polar surface area (TPSA) is 93.1 Å². The summed E-state index contributed by atoms with van der Waals surface area (Å²) in [5.74, 6) is 3.34. The van der Waals surface area contributed by atoms with Crippen molar-refractivity contribution in [2.45, 2.75) is 51.0 Å². The van der Waals surface area contributed by atoms with Gasteiger partial charge in [0.2, 0.25) is 5.95 Å². The first-order chi connectivity index (χ1) is 11.2. The maximum Gasteiger partial charge on any atom is 0.223 e. The molecule has 2 saturated heterocycles. The molecule has 3 fully saturated rings. The zero-order valence-electron chi connectivity index (χ0n) is 13.8. The lowest BCUT2D eigenvalue weighted by molar-refractivity contribution is 0.340. The number of nitrogens with two attached hydrogens (primary N) is 2. The maximum absolute atomic E-state index is 6.24. The second kappa shape index (κ2) is 6.15. The summed E-state index contributed by atoms with van der Waals surface area (Å²) in [5.41, 5.74) is 13.3. The van der Waals surface area contributed by atoms with Crippen LogP contribution >= 0.6 is 0 Å². The van der Waals surface area contributed by atoms with E-state index < -0.39 is 0 Å². The predicted molar refractivity (Wildman–Crippen MR) is 93.2 cm³/mol. The van der Waals surface area contributed by atoms with E-state index in [0.29, 0.717) is 17.8 Å². The Morgan fingerprint density at radius 3 is 2.65 bits per heavy atom. The number of aromatic nitrogens is 2. The van der Waals surface area contributed by atoms with E-state index in [4.69, 9.17) is 11.5 Å². The predicted octanol–water partition coefficient (Wildman–Crippen LogP) is 1.56. The van der Waals surface area contributed by atoms with Crippen molar-refractivity contribution >= 4 is 17.6 Å². The number of nitrogens with one attached hydrogen (secondary N) is 1. The molecule has 0 radical (unpaired) electrons. The van der Waals surface area contributed by atoms with Crippen LogP contribution in [0.3, 0.4) is 0 Å². The molecule has 6 heteroatoms. The number of fused-ring (bicyclic) bond motifs is 1. The Hall–Kier alpha value is -1.56. The lowest BCUT2D eigenvalue weighted by Gasteiger charge is -2.24. The molecule has 0 amide bonds. The molecule has 1 saturated carbocycles. The molecular weight excluding hydrogens is 288 g/mol. The summed E-state index contributed by atoms with van der Waals surface area (Å²) in [4.78, 5) is 11.2. The number of anilines is 3. The van der Waals surface area contributed by atoms with Gasteiger partial charge in [0.05, 0.1) is 0 Å². The van der Waals surface area contributed by atoms with Gasteiger partial charge < -0.3 is 21.7 Å². The van der Waals surface area contributed by atoms with Gasteiger partial charge in [0, 0.05) is 24.7 Å². The molecular formula is C17H28N6. The number of nitrogens with zero attached hydrogens (tertiary/aromatic N) is 3. The Morgan fingerprint density at radius 1 is 1.04 bits per heavy atom. The van der Waals surface area contributed by atoms with Gasteiger partial charge in [-0.05, 0) is 37.6 Å². The third kappa shape index (κ3) is 2.96. The average molecular weight is 316 g/mol. The quantitative estimate of drug-likeness (QED) is 0.783. The van der Waals surface area contributed by atoms with Gasteiger partial charge in [-0.2, -0.15) is 9.97 Å². The van der Waals surface area contributed by atoms with Crippen molar-refractivity contribution in [3.05, 3.63) is 5.56 Å². The van der Waals surface area contributed by atoms with Crippen LogP contribution in [0.25, 0.3) is 0 Å². The molecule has 3 aliphatic rings. The van der Waals surface area contributed by atoms with Gasteiger partial charge in [0.25, 0.3) is 0 Å². The van der Waals surface area contributed by atoms with Crippen LogP contribution in [-0.4, -0.2) is 35.6 Å². The Morgan fingerprint density at radius 2 is 1.87 bits per heavy atom. The molecule has 2 atom stereocenters. The van der Waals surface area contributed by atoms with E-state index in [0.717, 1.165) is 49.3 Å². The second-order valence-corrected chi connectivity index (χ2v) is 7.49. The minimum Gasteiger partial charge on any atom is -0.383 e. The molecule has 0 spiro atoms. The van der Waals surface area contributed by atoms with Crippen LogP contribution in [-0.2, 0) is 6.42 Å². The Balaban J connectivity index is 1.61. The zero-order chi connectivity index (χ0) is 15.8. The highest BCUT2D eigenvalue weighted by Gasteiger charge is 2.36. The van der Waals surface area contributed by atoms with Gasteiger partial charge in [-0.25, -0.2) is 0 Å². The molecule has 0 aromatic carbocycles. The fourth-order valence-electron chi connectivity index (χ4n) is 4.69. The average Bonchev–Trinajstić information content (AvgIpc) is 3.18. The zero-order valence-corrected chi connectivity index (χ0v) is 13.8. The highest BCUT2D eigenvalue weighted by atomic mass is 15.3. The van der Waals surface area contributed by atoms with Crippen LogP contribution in [0.4, 0.5) is 17.6 Å². The van der Waals surface area contributed by atoms with E-state index in [1.807, 2.05) is 0 Å². The summed E-state index contributed by atoms with van der Waals surface area (Å²) in [6, 6.07) is 0.584. The van der Waals surface area contributed by atoms with Crippen molar-refractivity contribution < 1.29 is 0 Å². The summed E-state index contributed by atoms with van der Waals surface area (Å²) in [5, 5.41) is 3.66. The van der Waals surface area contributed by atoms with Crippen molar-refractivity contribution in [3.8, 4) is 0 Å². The molecule has 23 heavy (non-hydrogen) atoms. The molecule has 126 valence electrons. The van der Waals surface area contributed by atoms with Crippen LogP contribution in [0, 0.1) is 11.8 Å². The fraction of sp³-hybridized carbons (Fsp3) is 0.765. The van der Waals surface area contributed by atoms with Crippen LogP contribution in [0.15, 0.2) is 0 Å². The van der Waals surface area contributed by atoms with Gasteiger partial charge in [0.15, 0.2) is 0 Å². The van der Waals surface area contributed by atoms with E-state index in [-0.39, 0.29) is 0 Å². The van der Waals surface area contributed by atoms with E-state index in [9.17, 15) is 0 Å². The molecule has 5 N–H and O–H groups in total. The third-order valence-electron chi connectivity index (χ3n) is 5.90. The second-order valence-electron chi connectivity index (χ2n) is 7.49. The number of rotatable bonds is 3. The minimum atomic E-state index is 0.301. The Kier molecular flexibility index (Phi) is 4.01. The summed E-state index contributed by atoms with van der Waals surface area (Å²) in [6.45, 7) is 3.21. The van der Waals surface area contributed by atoms with Gasteiger partial charge in [0.1, 0.15) is 11.6 Å². The number of nitrogen functional groups attached to an aromatic ring is 2. The molecule has 2 unspecified atom stereocenters. The van der Waals surface area contributed by atoms with E-state index in [1.165, 1.54) is 38.5 Å². The van der Waals surface area contributed by atoms with Crippen LogP contribution in [0.5, 0.6) is 0 Å². The fourth-order valence-corrected chi connectivity index (χ4v) is 4.69. The first kappa shape index (κ1) is 15.0. The van der Waals surface area contributed by atoms with E-state index in [2.05, 4.69) is 20.2 Å². The normalized spacial score (nSPS) is 28.3. The smallest absolute Gasteiger partial charge is 0.223 e. The van der Waals surface area contributed by atoms with E-state index >= 15 is 0 Å². The van der Waals surface area contributed by atoms with Crippen molar-refractivity contribution in [1.82, 2.24) is 15.3 Å². The van der Waals surface area contributed by atoms with Gasteiger partial charge in [-0.1, -0.05) is 25.7 Å². The van der Waals surface area contributed by atoms with Crippen molar-refractivity contribution in [2.24, 2.45) is 11.8 Å². The van der Waals surface area contributed by atoms with Gasteiger partial charge in [-0.15, -0.1) is 0 Å². The molecule has 1 aliphatic carbocycles. The molecule has 2 aliphatic heterocycles. The summed E-state index contributed by atoms with van der Waals surface area (Å²) in [6.07, 6.45) is 8.87. The van der Waals surface area contributed by atoms with Crippen LogP contribution < -0.4 is 21.7 Å². The Labute approximate surface area is 138 Å². The third-order valence-corrected chi connectivity index (χ3v) is 5.90. The lowest BCUT2D eigenvalue weighted by atomic mass is 9.94. The standard InChI is InChI=1S/C17H28N6/c18-15-13(8-11-4-1-2-5-11)16(22-17(19)21-15)23-9-12-6-3-7-20-14(12)10-23/h11-12,14,20H,1-10H2,(H4,18,19,21,22). The largest absolute Gasteiger partial charge is 0.383 e. The number of hydrogen-bond acceptors (Lipinski definition) is 6. The van der Waals surface area contributed by atoms with Crippen LogP contribution in [0.1, 0.15) is 44.1 Å². The van der Waals surface area contributed by atoms with Crippen LogP contribution in [0.2, 0.25) is 0 Å². The first-order valence-corrected chi connectivity index (χ1v) is 9.11. The molecule has 3 heterocycles. The van der Waals surface area contributed by atoms with Crippen molar-refractivity contribution in [3.63, 3.8) is 0 Å². The van der Waals surface area contributed by atoms with Crippen molar-refractivity contribution in [1.29, 1.82) is 0 Å². The molecule has 6 nitrogen and oxygen atoms in total. The molecule has 0 bridgehead atoms. The minimum absolute atomic E-state index is 0.301. The highest BCUT2D eigenvalue weighted by Crippen LogP contribution is 2.36. The molecule has 1 aromatic heterocycles. The first-order valence-electron chi connectivity index (χ1n) is 9.11. The number of hydrogen-bond donors (Lipinski definition) is 3. The van der Waals surface area contributed by atoms with E-state index in [1.54, 1.807) is 0 Å². The summed E-state index contributed by atoms with van der Waals surface area (Å²) >= 11 is 0. The monoisotopic (exact) mass is 316 g/mol. The van der Waals surface area contributed by atoms with Gasteiger partial charge >= 0.3 is 0 Å². The highest BCUT2D eigenvalue weighted by molar-refractivity contribution is 5.60. The maximum atomic E-state index is 6.24. The van der Waals surface area contributed by atoms with Gasteiger partial charge in [-0.3, -0.25) is 0 Å². The summed E-state index contributed by atoms with van der Waals surface area (Å²) in [7, 11) is 0.